The molecular formula is C10H13N3O2. The first-order valence-corrected chi connectivity index (χ1v) is 5.01. The minimum atomic E-state index is -0.135. The van der Waals surface area contributed by atoms with Crippen LogP contribution in [0.5, 0.6) is 0 Å². The molecule has 0 aliphatic carbocycles. The second-order valence-corrected chi connectivity index (χ2v) is 3.45. The van der Waals surface area contributed by atoms with E-state index in [-0.39, 0.29) is 11.9 Å². The summed E-state index contributed by atoms with van der Waals surface area (Å²) >= 11 is 0. The molecule has 5 nitrogen and oxygen atoms in total. The predicted molar refractivity (Wildman–Crippen MR) is 53.3 cm³/mol. The molecule has 1 saturated heterocycles. The van der Waals surface area contributed by atoms with Gasteiger partial charge in [0.1, 0.15) is 12.0 Å². The van der Waals surface area contributed by atoms with Crippen LogP contribution in [-0.4, -0.2) is 35.1 Å². The summed E-state index contributed by atoms with van der Waals surface area (Å²) in [5.74, 6) is -0.135. The number of nitrogens with zero attached hydrogens (tertiary/aromatic N) is 2. The fraction of sp³-hybridized carbons (Fsp3) is 0.500. The molecule has 0 bridgehead atoms. The topological polar surface area (TPSA) is 64.1 Å². The molecule has 0 aromatic carbocycles. The van der Waals surface area contributed by atoms with Crippen LogP contribution in [0.4, 0.5) is 0 Å². The summed E-state index contributed by atoms with van der Waals surface area (Å²) in [7, 11) is 0. The monoisotopic (exact) mass is 207 g/mol. The van der Waals surface area contributed by atoms with E-state index < -0.39 is 0 Å². The number of hydrogen-bond donors (Lipinski definition) is 1. The van der Waals surface area contributed by atoms with Gasteiger partial charge >= 0.3 is 0 Å². The molecule has 15 heavy (non-hydrogen) atoms. The van der Waals surface area contributed by atoms with E-state index in [1.807, 2.05) is 0 Å². The Morgan fingerprint density at radius 2 is 2.27 bits per heavy atom. The lowest BCUT2D eigenvalue weighted by Gasteiger charge is -2.22. The molecule has 1 aromatic rings. The van der Waals surface area contributed by atoms with Gasteiger partial charge in [-0.25, -0.2) is 9.97 Å². The fourth-order valence-electron chi connectivity index (χ4n) is 1.53. The minimum Gasteiger partial charge on any atom is -0.381 e. The van der Waals surface area contributed by atoms with E-state index in [0.717, 1.165) is 12.8 Å². The lowest BCUT2D eigenvalue weighted by molar-refractivity contribution is 0.0694. The first kappa shape index (κ1) is 10.0. The molecular weight excluding hydrogens is 194 g/mol. The lowest BCUT2D eigenvalue weighted by atomic mass is 10.1. The SMILES string of the molecule is O=C(NC1CCOCC1)c1ccncn1. The van der Waals surface area contributed by atoms with Crippen molar-refractivity contribution in [2.24, 2.45) is 0 Å². The Hall–Kier alpha value is -1.49. The molecule has 1 fully saturated rings. The van der Waals surface area contributed by atoms with Gasteiger partial charge in [-0.05, 0) is 18.9 Å². The van der Waals surface area contributed by atoms with Crippen LogP contribution in [-0.2, 0) is 4.74 Å². The van der Waals surface area contributed by atoms with Crippen molar-refractivity contribution in [3.05, 3.63) is 24.3 Å². The molecule has 0 unspecified atom stereocenters. The summed E-state index contributed by atoms with van der Waals surface area (Å²) in [5.41, 5.74) is 0.413. The maximum atomic E-state index is 11.7. The highest BCUT2D eigenvalue weighted by Crippen LogP contribution is 2.06. The fourth-order valence-corrected chi connectivity index (χ4v) is 1.53. The molecule has 0 radical (unpaired) electrons. The number of amides is 1. The highest BCUT2D eigenvalue weighted by Gasteiger charge is 2.17. The summed E-state index contributed by atoms with van der Waals surface area (Å²) in [6.07, 6.45) is 4.68. The average molecular weight is 207 g/mol. The standard InChI is InChI=1S/C10H13N3O2/c14-10(9-1-4-11-7-12-9)13-8-2-5-15-6-3-8/h1,4,7-8H,2-3,5-6H2,(H,13,14). The molecule has 80 valence electrons. The van der Waals surface area contributed by atoms with Gasteiger partial charge in [0.25, 0.3) is 5.91 Å². The van der Waals surface area contributed by atoms with Gasteiger partial charge in [0.05, 0.1) is 0 Å². The molecule has 1 N–H and O–H groups in total. The van der Waals surface area contributed by atoms with Crippen molar-refractivity contribution in [2.45, 2.75) is 18.9 Å². The Kier molecular flexibility index (Phi) is 3.24. The third-order valence-electron chi connectivity index (χ3n) is 2.37. The number of carbonyl (C=O) groups excluding carboxylic acids is 1. The van der Waals surface area contributed by atoms with E-state index in [9.17, 15) is 4.79 Å². The molecule has 2 heterocycles. The van der Waals surface area contributed by atoms with E-state index in [4.69, 9.17) is 4.74 Å². The number of ether oxygens (including phenoxy) is 1. The molecule has 1 aliphatic rings. The predicted octanol–water partition coefficient (Wildman–Crippen LogP) is 0.385. The Balaban J connectivity index is 1.91. The molecule has 0 spiro atoms. The molecule has 1 aliphatic heterocycles. The number of rotatable bonds is 2. The van der Waals surface area contributed by atoms with Crippen molar-refractivity contribution in [1.29, 1.82) is 0 Å². The van der Waals surface area contributed by atoms with Crippen LogP contribution < -0.4 is 5.32 Å². The van der Waals surface area contributed by atoms with Crippen molar-refractivity contribution in [1.82, 2.24) is 15.3 Å². The van der Waals surface area contributed by atoms with E-state index >= 15 is 0 Å². The van der Waals surface area contributed by atoms with Crippen LogP contribution in [0.15, 0.2) is 18.6 Å². The van der Waals surface area contributed by atoms with Crippen LogP contribution in [0.3, 0.4) is 0 Å². The highest BCUT2D eigenvalue weighted by atomic mass is 16.5. The van der Waals surface area contributed by atoms with Gasteiger partial charge in [-0.3, -0.25) is 4.79 Å². The van der Waals surface area contributed by atoms with Crippen molar-refractivity contribution in [3.63, 3.8) is 0 Å². The third-order valence-corrected chi connectivity index (χ3v) is 2.37. The summed E-state index contributed by atoms with van der Waals surface area (Å²) in [4.78, 5) is 19.3. The first-order chi connectivity index (χ1) is 7.36. The number of hydrogen-bond acceptors (Lipinski definition) is 4. The second-order valence-electron chi connectivity index (χ2n) is 3.45. The summed E-state index contributed by atoms with van der Waals surface area (Å²) in [6, 6.07) is 1.82. The number of nitrogens with one attached hydrogen (secondary N) is 1. The van der Waals surface area contributed by atoms with E-state index in [2.05, 4.69) is 15.3 Å². The molecule has 1 amide bonds. The largest absolute Gasteiger partial charge is 0.381 e. The summed E-state index contributed by atoms with van der Waals surface area (Å²) < 4.78 is 5.21. The first-order valence-electron chi connectivity index (χ1n) is 5.01. The Labute approximate surface area is 87.9 Å². The Morgan fingerprint density at radius 3 is 2.93 bits per heavy atom. The Morgan fingerprint density at radius 1 is 1.47 bits per heavy atom. The molecule has 5 heteroatoms. The van der Waals surface area contributed by atoms with Gasteiger partial charge in [0.2, 0.25) is 0 Å². The normalized spacial score (nSPS) is 17.3. The number of aromatic nitrogens is 2. The molecule has 2 rings (SSSR count). The molecule has 1 aromatic heterocycles. The van der Waals surface area contributed by atoms with Crippen LogP contribution in [0.2, 0.25) is 0 Å². The van der Waals surface area contributed by atoms with Crippen molar-refractivity contribution in [3.8, 4) is 0 Å². The third kappa shape index (κ3) is 2.73. The zero-order valence-electron chi connectivity index (χ0n) is 8.35. The summed E-state index contributed by atoms with van der Waals surface area (Å²) in [6.45, 7) is 1.43. The minimum absolute atomic E-state index is 0.135. The van der Waals surface area contributed by atoms with Gasteiger partial charge in [-0.2, -0.15) is 0 Å². The summed E-state index contributed by atoms with van der Waals surface area (Å²) in [5, 5.41) is 2.93. The van der Waals surface area contributed by atoms with Gasteiger partial charge < -0.3 is 10.1 Å². The van der Waals surface area contributed by atoms with Crippen LogP contribution in [0.1, 0.15) is 23.3 Å². The second kappa shape index (κ2) is 4.84. The van der Waals surface area contributed by atoms with Crippen molar-refractivity contribution >= 4 is 5.91 Å². The van der Waals surface area contributed by atoms with Gasteiger partial charge in [0.15, 0.2) is 0 Å². The maximum absolute atomic E-state index is 11.7. The van der Waals surface area contributed by atoms with Gasteiger partial charge in [-0.1, -0.05) is 0 Å². The average Bonchev–Trinajstić information content (AvgIpc) is 2.31. The van der Waals surface area contributed by atoms with Crippen molar-refractivity contribution < 1.29 is 9.53 Å². The van der Waals surface area contributed by atoms with Crippen LogP contribution in [0.25, 0.3) is 0 Å². The van der Waals surface area contributed by atoms with Crippen LogP contribution in [0, 0.1) is 0 Å². The van der Waals surface area contributed by atoms with Gasteiger partial charge in [0, 0.05) is 25.5 Å². The Bertz CT molecular complexity index is 323. The zero-order valence-corrected chi connectivity index (χ0v) is 8.35. The van der Waals surface area contributed by atoms with Crippen molar-refractivity contribution in [2.75, 3.05) is 13.2 Å². The smallest absolute Gasteiger partial charge is 0.270 e. The number of carbonyl (C=O) groups is 1. The quantitative estimate of drug-likeness (QED) is 0.761. The maximum Gasteiger partial charge on any atom is 0.270 e. The highest BCUT2D eigenvalue weighted by molar-refractivity contribution is 5.92. The van der Waals surface area contributed by atoms with Crippen LogP contribution >= 0.6 is 0 Å². The molecule has 0 saturated carbocycles. The molecule has 0 atom stereocenters. The van der Waals surface area contributed by atoms with E-state index in [0.29, 0.717) is 18.9 Å². The van der Waals surface area contributed by atoms with E-state index in [1.54, 1.807) is 12.3 Å². The lowest BCUT2D eigenvalue weighted by Crippen LogP contribution is -2.39. The van der Waals surface area contributed by atoms with E-state index in [1.165, 1.54) is 6.33 Å². The zero-order chi connectivity index (χ0) is 10.5. The van der Waals surface area contributed by atoms with Gasteiger partial charge in [-0.15, -0.1) is 0 Å².